The van der Waals surface area contributed by atoms with Gasteiger partial charge in [0.25, 0.3) is 0 Å². The van der Waals surface area contributed by atoms with Crippen molar-refractivity contribution in [1.82, 2.24) is 16.0 Å². The number of aliphatic carboxylic acids is 1. The van der Waals surface area contributed by atoms with Gasteiger partial charge >= 0.3 is 12.1 Å². The van der Waals surface area contributed by atoms with Gasteiger partial charge in [-0.25, -0.2) is 4.79 Å². The minimum Gasteiger partial charge on any atom is -0.481 e. The van der Waals surface area contributed by atoms with Crippen molar-refractivity contribution in [3.8, 4) is 11.1 Å². The number of hydrogen-bond donors (Lipinski definition) is 4. The zero-order valence-electron chi connectivity index (χ0n) is 18.3. The molecule has 1 aliphatic carbocycles. The van der Waals surface area contributed by atoms with Crippen LogP contribution >= 0.6 is 0 Å². The molecule has 2 atom stereocenters. The summed E-state index contributed by atoms with van der Waals surface area (Å²) in [5.74, 6) is -3.66. The van der Waals surface area contributed by atoms with E-state index >= 15 is 0 Å². The summed E-state index contributed by atoms with van der Waals surface area (Å²) in [4.78, 5) is 48.5. The highest BCUT2D eigenvalue weighted by Crippen LogP contribution is 2.44. The van der Waals surface area contributed by atoms with E-state index in [9.17, 15) is 24.3 Å². The van der Waals surface area contributed by atoms with Crippen LogP contribution in [0.15, 0.2) is 48.5 Å². The number of benzene rings is 2. The van der Waals surface area contributed by atoms with Crippen LogP contribution in [0, 0.1) is 5.92 Å². The predicted octanol–water partition coefficient (Wildman–Crippen LogP) is 1.62. The van der Waals surface area contributed by atoms with Crippen LogP contribution < -0.4 is 16.0 Å². The number of carboxylic acid groups (broad SMARTS) is 1. The second-order valence-electron chi connectivity index (χ2n) is 8.72. The van der Waals surface area contributed by atoms with E-state index in [4.69, 9.17) is 4.74 Å². The molecule has 1 saturated heterocycles. The van der Waals surface area contributed by atoms with Gasteiger partial charge in [0, 0.05) is 12.5 Å². The number of hydrogen-bond acceptors (Lipinski definition) is 5. The SMILES string of the molecule is CC(C)(NC(=O)OCC1c2ccccc2-c2ccccc21)C(=O)NC1C(=O)NCC1C(=O)O. The molecule has 2 aromatic rings. The van der Waals surface area contributed by atoms with Crippen LogP contribution in [0.2, 0.25) is 0 Å². The Kier molecular flexibility index (Phi) is 5.80. The van der Waals surface area contributed by atoms with E-state index in [2.05, 4.69) is 16.0 Å². The maximum absolute atomic E-state index is 12.7. The second kappa shape index (κ2) is 8.57. The summed E-state index contributed by atoms with van der Waals surface area (Å²) in [7, 11) is 0. The summed E-state index contributed by atoms with van der Waals surface area (Å²) in [6, 6.07) is 14.7. The maximum atomic E-state index is 12.7. The van der Waals surface area contributed by atoms with Crippen molar-refractivity contribution >= 4 is 23.9 Å². The first kappa shape index (κ1) is 22.3. The summed E-state index contributed by atoms with van der Waals surface area (Å²) in [5, 5.41) is 16.6. The van der Waals surface area contributed by atoms with Crippen molar-refractivity contribution in [3.63, 3.8) is 0 Å². The second-order valence-corrected chi connectivity index (χ2v) is 8.72. The lowest BCUT2D eigenvalue weighted by molar-refractivity contribution is -0.143. The van der Waals surface area contributed by atoms with E-state index in [1.165, 1.54) is 13.8 Å². The fourth-order valence-corrected chi connectivity index (χ4v) is 4.29. The number of carboxylic acids is 1. The molecule has 2 aliphatic rings. The molecule has 1 fully saturated rings. The highest BCUT2D eigenvalue weighted by molar-refractivity contribution is 5.97. The predicted molar refractivity (Wildman–Crippen MR) is 118 cm³/mol. The Morgan fingerprint density at radius 3 is 2.21 bits per heavy atom. The van der Waals surface area contributed by atoms with Gasteiger partial charge < -0.3 is 25.8 Å². The molecule has 4 rings (SSSR count). The van der Waals surface area contributed by atoms with Crippen molar-refractivity contribution < 1.29 is 29.0 Å². The summed E-state index contributed by atoms with van der Waals surface area (Å²) < 4.78 is 5.47. The first-order chi connectivity index (χ1) is 15.7. The molecule has 0 aromatic heterocycles. The summed E-state index contributed by atoms with van der Waals surface area (Å²) in [6.07, 6.45) is -0.789. The van der Waals surface area contributed by atoms with E-state index < -0.39 is 41.4 Å². The third-order valence-electron chi connectivity index (χ3n) is 6.11. The minimum absolute atomic E-state index is 0.0701. The van der Waals surface area contributed by atoms with E-state index in [-0.39, 0.29) is 19.1 Å². The lowest BCUT2D eigenvalue weighted by Gasteiger charge is -2.27. The van der Waals surface area contributed by atoms with Gasteiger partial charge in [-0.1, -0.05) is 48.5 Å². The largest absolute Gasteiger partial charge is 0.481 e. The van der Waals surface area contributed by atoms with Gasteiger partial charge in [-0.15, -0.1) is 0 Å². The van der Waals surface area contributed by atoms with E-state index in [1.54, 1.807) is 0 Å². The minimum atomic E-state index is -1.44. The van der Waals surface area contributed by atoms with Gasteiger partial charge in [0.1, 0.15) is 24.1 Å². The van der Waals surface area contributed by atoms with Crippen molar-refractivity contribution in [2.75, 3.05) is 13.2 Å². The Morgan fingerprint density at radius 2 is 1.64 bits per heavy atom. The molecule has 172 valence electrons. The third-order valence-corrected chi connectivity index (χ3v) is 6.11. The van der Waals surface area contributed by atoms with Crippen LogP contribution in [0.1, 0.15) is 30.9 Å². The molecule has 3 amide bonds. The quantitative estimate of drug-likeness (QED) is 0.527. The maximum Gasteiger partial charge on any atom is 0.408 e. The lowest BCUT2D eigenvalue weighted by atomic mass is 9.98. The highest BCUT2D eigenvalue weighted by atomic mass is 16.5. The number of fused-ring (bicyclic) bond motifs is 3. The molecule has 9 heteroatoms. The van der Waals surface area contributed by atoms with Crippen LogP contribution in [-0.2, 0) is 19.1 Å². The molecule has 1 aliphatic heterocycles. The lowest BCUT2D eigenvalue weighted by Crippen LogP contribution is -2.59. The van der Waals surface area contributed by atoms with E-state index in [1.807, 2.05) is 48.5 Å². The van der Waals surface area contributed by atoms with E-state index in [0.29, 0.717) is 0 Å². The van der Waals surface area contributed by atoms with Gasteiger partial charge in [-0.3, -0.25) is 14.4 Å². The van der Waals surface area contributed by atoms with E-state index in [0.717, 1.165) is 22.3 Å². The van der Waals surface area contributed by atoms with Crippen LogP contribution in [-0.4, -0.2) is 53.7 Å². The van der Waals surface area contributed by atoms with Crippen LogP contribution in [0.3, 0.4) is 0 Å². The van der Waals surface area contributed by atoms with Crippen LogP contribution in [0.5, 0.6) is 0 Å². The van der Waals surface area contributed by atoms with Gasteiger partial charge in [0.15, 0.2) is 0 Å². The molecule has 33 heavy (non-hydrogen) atoms. The first-order valence-corrected chi connectivity index (χ1v) is 10.6. The average molecular weight is 451 g/mol. The van der Waals surface area contributed by atoms with Gasteiger partial charge in [-0.05, 0) is 36.1 Å². The average Bonchev–Trinajstić information content (AvgIpc) is 3.30. The Morgan fingerprint density at radius 1 is 1.06 bits per heavy atom. The molecular weight excluding hydrogens is 426 g/mol. The molecule has 0 saturated carbocycles. The zero-order chi connectivity index (χ0) is 23.8. The standard InChI is InChI=1S/C24H25N3O6/c1-24(2,22(31)26-19-17(21(29)30)11-25-20(19)28)27-23(32)33-12-18-15-9-5-3-7-13(15)14-8-4-6-10-16(14)18/h3-10,17-19H,11-12H2,1-2H3,(H,25,28)(H,26,31)(H,27,32)(H,29,30). The molecule has 0 radical (unpaired) electrons. The Balaban J connectivity index is 1.39. The molecule has 0 bridgehead atoms. The smallest absolute Gasteiger partial charge is 0.408 e. The first-order valence-electron chi connectivity index (χ1n) is 10.6. The zero-order valence-corrected chi connectivity index (χ0v) is 18.3. The van der Waals surface area contributed by atoms with Crippen LogP contribution in [0.4, 0.5) is 4.79 Å². The Labute approximate surface area is 190 Å². The number of carbonyl (C=O) groups excluding carboxylic acids is 3. The monoisotopic (exact) mass is 451 g/mol. The van der Waals surface area contributed by atoms with Crippen molar-refractivity contribution in [3.05, 3.63) is 59.7 Å². The Bertz CT molecular complexity index is 1080. The molecule has 2 unspecified atom stereocenters. The molecule has 0 spiro atoms. The van der Waals surface area contributed by atoms with Crippen molar-refractivity contribution in [2.45, 2.75) is 31.3 Å². The number of rotatable bonds is 6. The number of carbonyl (C=O) groups is 4. The summed E-state index contributed by atoms with van der Waals surface area (Å²) >= 11 is 0. The number of amides is 3. The fourth-order valence-electron chi connectivity index (χ4n) is 4.29. The molecule has 1 heterocycles. The third kappa shape index (κ3) is 4.26. The highest BCUT2D eigenvalue weighted by Gasteiger charge is 2.43. The van der Waals surface area contributed by atoms with Crippen LogP contribution in [0.25, 0.3) is 11.1 Å². The fraction of sp³-hybridized carbons (Fsp3) is 0.333. The van der Waals surface area contributed by atoms with Gasteiger partial charge in [0.2, 0.25) is 11.8 Å². The molecule has 2 aromatic carbocycles. The number of ether oxygens (including phenoxy) is 1. The topological polar surface area (TPSA) is 134 Å². The molecule has 9 nitrogen and oxygen atoms in total. The number of alkyl carbamates (subject to hydrolysis) is 1. The van der Waals surface area contributed by atoms with Gasteiger partial charge in [0.05, 0.1) is 0 Å². The van der Waals surface area contributed by atoms with Gasteiger partial charge in [-0.2, -0.15) is 0 Å². The normalized spacial score (nSPS) is 19.3. The van der Waals surface area contributed by atoms with Crippen molar-refractivity contribution in [2.24, 2.45) is 5.92 Å². The summed E-state index contributed by atoms with van der Waals surface area (Å²) in [5.41, 5.74) is 2.90. The summed E-state index contributed by atoms with van der Waals surface area (Å²) in [6.45, 7) is 2.92. The van der Waals surface area contributed by atoms with Crippen molar-refractivity contribution in [1.29, 1.82) is 0 Å². The molecule has 4 N–H and O–H groups in total. The molecular formula is C24H25N3O6. The Hall–Kier alpha value is -3.88. The number of nitrogens with one attached hydrogen (secondary N) is 3.